The first-order chi connectivity index (χ1) is 16.2. The van der Waals surface area contributed by atoms with Gasteiger partial charge in [0.05, 0.1) is 23.8 Å². The molecule has 0 heterocycles. The van der Waals surface area contributed by atoms with Crippen LogP contribution < -0.4 is 0 Å². The van der Waals surface area contributed by atoms with E-state index in [-0.39, 0.29) is 17.1 Å². The molecule has 4 atom stereocenters. The lowest BCUT2D eigenvalue weighted by Gasteiger charge is -2.35. The maximum atomic E-state index is 14.2. The molecule has 0 N–H and O–H groups in total. The van der Waals surface area contributed by atoms with Crippen LogP contribution in [0.2, 0.25) is 25.7 Å². The van der Waals surface area contributed by atoms with Gasteiger partial charge in [0.15, 0.2) is 0 Å². The minimum Gasteiger partial charge on any atom is -0.469 e. The lowest BCUT2D eigenvalue weighted by atomic mass is 9.80. The quantitative estimate of drug-likeness (QED) is 0.236. The molecule has 0 aliphatic rings. The number of rotatable bonds is 10. The second-order valence-corrected chi connectivity index (χ2v) is 17.4. The van der Waals surface area contributed by atoms with E-state index in [4.69, 9.17) is 4.74 Å². The number of hydrogen-bond acceptors (Lipinski definition) is 3. The van der Waals surface area contributed by atoms with Crippen LogP contribution in [0.5, 0.6) is 0 Å². The molecule has 0 aliphatic heterocycles. The fourth-order valence-electron chi connectivity index (χ4n) is 4.54. The molecule has 0 aromatic heterocycles. The van der Waals surface area contributed by atoms with Crippen molar-refractivity contribution in [1.82, 2.24) is 0 Å². The minimum absolute atomic E-state index is 0.204. The summed E-state index contributed by atoms with van der Waals surface area (Å²) in [6, 6.07) is 29.0. The zero-order valence-corrected chi connectivity index (χ0v) is 22.7. The number of ether oxygens (including phenoxy) is 1. The maximum Gasteiger partial charge on any atom is 0.309 e. The van der Waals surface area contributed by atoms with Crippen molar-refractivity contribution in [1.29, 1.82) is 0 Å². The van der Waals surface area contributed by atoms with E-state index in [9.17, 15) is 9.00 Å². The van der Waals surface area contributed by atoms with E-state index in [0.717, 1.165) is 27.6 Å². The van der Waals surface area contributed by atoms with Gasteiger partial charge >= 0.3 is 5.97 Å². The topological polar surface area (TPSA) is 43.4 Å². The van der Waals surface area contributed by atoms with E-state index in [1.165, 1.54) is 7.11 Å². The summed E-state index contributed by atoms with van der Waals surface area (Å²) in [6.07, 6.45) is 0.542. The fourth-order valence-corrected chi connectivity index (χ4v) is 9.48. The first-order valence-corrected chi connectivity index (χ1v) is 16.8. The summed E-state index contributed by atoms with van der Waals surface area (Å²) >= 11 is 0. The Hall–Kier alpha value is -2.50. The summed E-state index contributed by atoms with van der Waals surface area (Å²) in [7, 11) is -1.48. The highest BCUT2D eigenvalue weighted by Gasteiger charge is 2.41. The molecule has 0 unspecified atom stereocenters. The third-order valence-electron chi connectivity index (χ3n) is 6.16. The SMILES string of the molecule is COC(=O)[C@@H](Cc1ccccc1)[C@H](c1ccccc1)[C@H](C[Si](C)(C)C)[S@@](=O)c1ccc(C)cc1. The number of hydrogen-bond donors (Lipinski definition) is 0. The third kappa shape index (κ3) is 7.00. The minimum atomic E-state index is -1.65. The van der Waals surface area contributed by atoms with Gasteiger partial charge in [-0.3, -0.25) is 9.00 Å². The van der Waals surface area contributed by atoms with Gasteiger partial charge in [0.2, 0.25) is 0 Å². The molecular formula is C29H36O3SSi. The molecular weight excluding hydrogens is 456 g/mol. The van der Waals surface area contributed by atoms with Crippen LogP contribution in [-0.2, 0) is 26.8 Å². The molecule has 180 valence electrons. The number of carbonyl (C=O) groups excluding carboxylic acids is 1. The van der Waals surface area contributed by atoms with E-state index >= 15 is 0 Å². The van der Waals surface area contributed by atoms with Crippen LogP contribution in [0.25, 0.3) is 0 Å². The van der Waals surface area contributed by atoms with Gasteiger partial charge in [-0.25, -0.2) is 0 Å². The van der Waals surface area contributed by atoms with Crippen molar-refractivity contribution in [2.45, 2.75) is 55.1 Å². The summed E-state index contributed by atoms with van der Waals surface area (Å²) in [4.78, 5) is 14.1. The molecule has 34 heavy (non-hydrogen) atoms. The number of benzene rings is 3. The fraction of sp³-hybridized carbons (Fsp3) is 0.345. The van der Waals surface area contributed by atoms with Crippen LogP contribution in [-0.4, -0.2) is 30.6 Å². The molecule has 5 heteroatoms. The van der Waals surface area contributed by atoms with Crippen LogP contribution in [0.15, 0.2) is 89.8 Å². The largest absolute Gasteiger partial charge is 0.469 e. The summed E-state index contributed by atoms with van der Waals surface area (Å²) in [5.41, 5.74) is 3.25. The Kier molecular flexibility index (Phi) is 9.03. The molecule has 3 nitrogen and oxygen atoms in total. The first kappa shape index (κ1) is 26.1. The highest BCUT2D eigenvalue weighted by atomic mass is 32.2. The Morgan fingerprint density at radius 3 is 1.97 bits per heavy atom. The second-order valence-electron chi connectivity index (χ2n) is 10.2. The Labute approximate surface area is 208 Å². The molecule has 0 fully saturated rings. The molecule has 3 aromatic carbocycles. The third-order valence-corrected chi connectivity index (χ3v) is 9.87. The van der Waals surface area contributed by atoms with Gasteiger partial charge < -0.3 is 4.74 Å². The van der Waals surface area contributed by atoms with Crippen LogP contribution in [0.3, 0.4) is 0 Å². The molecule has 0 radical (unpaired) electrons. The molecule has 0 amide bonds. The predicted octanol–water partition coefficient (Wildman–Crippen LogP) is 6.63. The van der Waals surface area contributed by atoms with Crippen LogP contribution in [0, 0.1) is 12.8 Å². The van der Waals surface area contributed by atoms with Gasteiger partial charge in [-0.15, -0.1) is 0 Å². The zero-order chi connectivity index (χ0) is 24.7. The van der Waals surface area contributed by atoms with Crippen LogP contribution in [0.4, 0.5) is 0 Å². The van der Waals surface area contributed by atoms with Crippen molar-refractivity contribution in [2.24, 2.45) is 5.92 Å². The van der Waals surface area contributed by atoms with E-state index in [0.29, 0.717) is 6.42 Å². The molecule has 0 saturated carbocycles. The van der Waals surface area contributed by atoms with Crippen LogP contribution in [0.1, 0.15) is 22.6 Å². The van der Waals surface area contributed by atoms with Crippen molar-refractivity contribution < 1.29 is 13.7 Å². The monoisotopic (exact) mass is 492 g/mol. The lowest BCUT2D eigenvalue weighted by molar-refractivity contribution is -0.146. The Bertz CT molecular complexity index is 1080. The number of aryl methyl sites for hydroxylation is 1. The summed E-state index contributed by atoms with van der Waals surface area (Å²) in [5.74, 6) is -0.924. The summed E-state index contributed by atoms with van der Waals surface area (Å²) < 4.78 is 19.5. The van der Waals surface area contributed by atoms with E-state index in [1.54, 1.807) is 0 Å². The highest BCUT2D eigenvalue weighted by Crippen LogP contribution is 2.39. The van der Waals surface area contributed by atoms with E-state index in [1.807, 2.05) is 79.7 Å². The molecule has 0 bridgehead atoms. The van der Waals surface area contributed by atoms with Gasteiger partial charge in [-0.1, -0.05) is 98.0 Å². The van der Waals surface area contributed by atoms with Gasteiger partial charge in [0, 0.05) is 24.1 Å². The van der Waals surface area contributed by atoms with Crippen LogP contribution >= 0.6 is 0 Å². The average molecular weight is 493 g/mol. The molecule has 0 spiro atoms. The van der Waals surface area contributed by atoms with Crippen molar-refractivity contribution in [3.05, 3.63) is 102 Å². The summed E-state index contributed by atoms with van der Waals surface area (Å²) in [6.45, 7) is 8.95. The molecule has 3 aromatic rings. The Morgan fingerprint density at radius 2 is 1.44 bits per heavy atom. The first-order valence-electron chi connectivity index (χ1n) is 11.8. The molecule has 3 rings (SSSR count). The summed E-state index contributed by atoms with van der Waals surface area (Å²) in [5, 5.41) is -0.204. The predicted molar refractivity (Wildman–Crippen MR) is 144 cm³/mol. The maximum absolute atomic E-state index is 14.2. The van der Waals surface area contributed by atoms with Gasteiger partial charge in [-0.2, -0.15) is 0 Å². The smallest absolute Gasteiger partial charge is 0.309 e. The van der Waals surface area contributed by atoms with Crippen molar-refractivity contribution in [3.63, 3.8) is 0 Å². The second kappa shape index (κ2) is 11.8. The number of esters is 1. The highest BCUT2D eigenvalue weighted by molar-refractivity contribution is 7.85. The lowest BCUT2D eigenvalue weighted by Crippen LogP contribution is -2.40. The van der Waals surface area contributed by atoms with Gasteiger partial charge in [-0.05, 0) is 42.6 Å². The van der Waals surface area contributed by atoms with Crippen molar-refractivity contribution >= 4 is 24.8 Å². The van der Waals surface area contributed by atoms with Gasteiger partial charge in [0.1, 0.15) is 0 Å². The van der Waals surface area contributed by atoms with Crippen molar-refractivity contribution in [2.75, 3.05) is 7.11 Å². The Morgan fingerprint density at radius 1 is 0.882 bits per heavy atom. The zero-order valence-electron chi connectivity index (χ0n) is 20.9. The normalized spacial score (nSPS) is 15.2. The van der Waals surface area contributed by atoms with E-state index in [2.05, 4.69) is 31.8 Å². The number of methoxy groups -OCH3 is 1. The van der Waals surface area contributed by atoms with Crippen molar-refractivity contribution in [3.8, 4) is 0 Å². The number of carbonyl (C=O) groups is 1. The standard InChI is InChI=1S/C29H36O3SSi/c1-22-16-18-25(19-17-22)33(31)27(21-34(3,4)5)28(24-14-10-7-11-15-24)26(29(30)32-2)20-23-12-8-6-9-13-23/h6-19,26-28H,20-21H2,1-5H3/t26-,27-,28-,33-/m0/s1. The average Bonchev–Trinajstić information content (AvgIpc) is 2.83. The van der Waals surface area contributed by atoms with Gasteiger partial charge in [0.25, 0.3) is 0 Å². The molecule has 0 saturated heterocycles. The van der Waals surface area contributed by atoms with E-state index < -0.39 is 24.8 Å². The Balaban J connectivity index is 2.16. The molecule has 0 aliphatic carbocycles.